The van der Waals surface area contributed by atoms with Crippen molar-refractivity contribution in [2.24, 2.45) is 5.92 Å². The highest BCUT2D eigenvalue weighted by Gasteiger charge is 2.23. The molecule has 3 aromatic rings. The molecule has 8 heteroatoms. The fraction of sp³-hybridized carbons (Fsp3) is 0.304. The Balaban J connectivity index is 1.82. The van der Waals surface area contributed by atoms with Crippen LogP contribution < -0.4 is 15.6 Å². The Hall–Kier alpha value is -3.68. The van der Waals surface area contributed by atoms with Crippen molar-refractivity contribution in [3.63, 3.8) is 0 Å². The molecule has 0 spiro atoms. The Morgan fingerprint density at radius 1 is 1.03 bits per heavy atom. The number of esters is 1. The van der Waals surface area contributed by atoms with Gasteiger partial charge in [-0.15, -0.1) is 0 Å². The van der Waals surface area contributed by atoms with Crippen molar-refractivity contribution in [2.75, 3.05) is 12.4 Å². The summed E-state index contributed by atoms with van der Waals surface area (Å²) in [6.07, 6.45) is -1.07. The van der Waals surface area contributed by atoms with Crippen LogP contribution in [0.1, 0.15) is 31.3 Å². The Bertz CT molecular complexity index is 1150. The highest BCUT2D eigenvalue weighted by Crippen LogP contribution is 2.17. The number of anilines is 1. The van der Waals surface area contributed by atoms with Gasteiger partial charge < -0.3 is 14.8 Å². The predicted octanol–water partition coefficient (Wildman–Crippen LogP) is 3.25. The van der Waals surface area contributed by atoms with E-state index in [0.29, 0.717) is 28.8 Å². The lowest BCUT2D eigenvalue weighted by atomic mass is 10.1. The second kappa shape index (κ2) is 9.42. The lowest BCUT2D eigenvalue weighted by Crippen LogP contribution is -2.32. The van der Waals surface area contributed by atoms with Gasteiger partial charge in [-0.3, -0.25) is 9.59 Å². The molecule has 0 radical (unpaired) electrons. The quantitative estimate of drug-likeness (QED) is 0.586. The minimum Gasteiger partial charge on any atom is -0.497 e. The molecule has 0 unspecified atom stereocenters. The third kappa shape index (κ3) is 5.09. The van der Waals surface area contributed by atoms with Gasteiger partial charge in [0.2, 0.25) is 0 Å². The number of methoxy groups -OCH3 is 1. The van der Waals surface area contributed by atoms with Crippen molar-refractivity contribution >= 4 is 28.3 Å². The second-order valence-corrected chi connectivity index (χ2v) is 7.54. The van der Waals surface area contributed by atoms with E-state index in [1.165, 1.54) is 11.6 Å². The molecule has 8 nitrogen and oxygen atoms in total. The summed E-state index contributed by atoms with van der Waals surface area (Å²) in [6.45, 7) is 5.74. The second-order valence-electron chi connectivity index (χ2n) is 7.54. The molecular weight excluding hydrogens is 398 g/mol. The van der Waals surface area contributed by atoms with Crippen molar-refractivity contribution in [1.82, 2.24) is 9.78 Å². The van der Waals surface area contributed by atoms with Crippen molar-refractivity contribution in [2.45, 2.75) is 33.4 Å². The van der Waals surface area contributed by atoms with Gasteiger partial charge in [0.15, 0.2) is 11.8 Å². The van der Waals surface area contributed by atoms with Crippen LogP contribution in [0.3, 0.4) is 0 Å². The highest BCUT2D eigenvalue weighted by atomic mass is 16.5. The molecular formula is C23H25N3O5. The number of aromatic nitrogens is 2. The molecule has 31 heavy (non-hydrogen) atoms. The van der Waals surface area contributed by atoms with Crippen molar-refractivity contribution < 1.29 is 19.1 Å². The molecule has 1 heterocycles. The average Bonchev–Trinajstić information content (AvgIpc) is 2.75. The van der Waals surface area contributed by atoms with Crippen molar-refractivity contribution in [1.29, 1.82) is 0 Å². The van der Waals surface area contributed by atoms with E-state index < -0.39 is 18.0 Å². The van der Waals surface area contributed by atoms with Crippen LogP contribution in [-0.4, -0.2) is 34.9 Å². The van der Waals surface area contributed by atoms with E-state index in [1.807, 2.05) is 13.8 Å². The summed E-state index contributed by atoms with van der Waals surface area (Å²) in [4.78, 5) is 38.0. The van der Waals surface area contributed by atoms with Crippen LogP contribution in [0.25, 0.3) is 10.8 Å². The van der Waals surface area contributed by atoms with E-state index >= 15 is 0 Å². The number of carbonyl (C=O) groups excluding carboxylic acids is 2. The number of nitrogens with zero attached hydrogens (tertiary/aromatic N) is 2. The molecule has 0 fully saturated rings. The maximum absolute atomic E-state index is 12.9. The number of carbonyl (C=O) groups is 2. The number of ether oxygens (including phenoxy) is 2. The molecule has 0 saturated carbocycles. The summed E-state index contributed by atoms with van der Waals surface area (Å²) in [7, 11) is 1.55. The molecule has 3 rings (SSSR count). The van der Waals surface area contributed by atoms with Crippen molar-refractivity contribution in [3.8, 4) is 5.75 Å². The summed E-state index contributed by atoms with van der Waals surface area (Å²) in [5, 5.41) is 7.69. The van der Waals surface area contributed by atoms with Crippen LogP contribution in [0, 0.1) is 5.92 Å². The van der Waals surface area contributed by atoms with Gasteiger partial charge in [0, 0.05) is 17.6 Å². The molecule has 0 aliphatic rings. The minimum atomic E-state index is -1.07. The van der Waals surface area contributed by atoms with Gasteiger partial charge in [0.1, 0.15) is 5.75 Å². The normalized spacial score (nSPS) is 11.9. The standard InChI is InChI=1S/C23H25N3O5/c1-14(2)13-26-22(28)19-8-6-5-7-18(19)20(25-26)23(29)31-15(3)21(27)24-16-9-11-17(30-4)12-10-16/h5-12,14-15H,13H2,1-4H3,(H,24,27)/t15-/m1/s1. The number of rotatable bonds is 7. The maximum Gasteiger partial charge on any atom is 0.360 e. The molecule has 1 N–H and O–H groups in total. The molecule has 0 aliphatic carbocycles. The Kier molecular flexibility index (Phi) is 6.69. The molecule has 162 valence electrons. The van der Waals surface area contributed by atoms with Crippen LogP contribution in [0.15, 0.2) is 53.3 Å². The maximum atomic E-state index is 12.9. The number of hydrogen-bond donors (Lipinski definition) is 1. The first-order chi connectivity index (χ1) is 14.8. The summed E-state index contributed by atoms with van der Waals surface area (Å²) < 4.78 is 11.7. The van der Waals surface area contributed by atoms with Crippen LogP contribution in [0.5, 0.6) is 5.75 Å². The molecule has 0 saturated heterocycles. The van der Waals surface area contributed by atoms with Gasteiger partial charge in [-0.05, 0) is 43.2 Å². The van der Waals surface area contributed by atoms with Gasteiger partial charge >= 0.3 is 5.97 Å². The fourth-order valence-electron chi connectivity index (χ4n) is 3.04. The first-order valence-electron chi connectivity index (χ1n) is 9.96. The van der Waals surface area contributed by atoms with Crippen molar-refractivity contribution in [3.05, 3.63) is 64.6 Å². The van der Waals surface area contributed by atoms with Gasteiger partial charge in [-0.1, -0.05) is 32.0 Å². The van der Waals surface area contributed by atoms with Gasteiger partial charge in [0.25, 0.3) is 11.5 Å². The number of hydrogen-bond acceptors (Lipinski definition) is 6. The van der Waals surface area contributed by atoms with Gasteiger partial charge in [0.05, 0.1) is 12.5 Å². The SMILES string of the molecule is COc1ccc(NC(=O)[C@@H](C)OC(=O)c2nn(CC(C)C)c(=O)c3ccccc23)cc1. The first-order valence-corrected chi connectivity index (χ1v) is 9.96. The smallest absolute Gasteiger partial charge is 0.360 e. The highest BCUT2D eigenvalue weighted by molar-refractivity contribution is 6.03. The summed E-state index contributed by atoms with van der Waals surface area (Å²) in [6, 6.07) is 13.5. The van der Waals surface area contributed by atoms with E-state index in [9.17, 15) is 14.4 Å². The number of fused-ring (bicyclic) bond motifs is 1. The summed E-state index contributed by atoms with van der Waals surface area (Å²) in [5.41, 5.74) is 0.272. The van der Waals surface area contributed by atoms with E-state index in [4.69, 9.17) is 9.47 Å². The zero-order valence-corrected chi connectivity index (χ0v) is 17.9. The zero-order valence-electron chi connectivity index (χ0n) is 17.9. The van der Waals surface area contributed by atoms with Gasteiger partial charge in [-0.2, -0.15) is 5.10 Å². The third-order valence-corrected chi connectivity index (χ3v) is 4.61. The van der Waals surface area contributed by atoms with Crippen LogP contribution in [-0.2, 0) is 16.1 Å². The lowest BCUT2D eigenvalue weighted by molar-refractivity contribution is -0.123. The van der Waals surface area contributed by atoms with E-state index in [1.54, 1.807) is 55.6 Å². The first kappa shape index (κ1) is 22.0. The largest absolute Gasteiger partial charge is 0.497 e. The lowest BCUT2D eigenvalue weighted by Gasteiger charge is -2.15. The Morgan fingerprint density at radius 3 is 2.29 bits per heavy atom. The summed E-state index contributed by atoms with van der Waals surface area (Å²) in [5.74, 6) is -0.444. The molecule has 1 aromatic heterocycles. The minimum absolute atomic E-state index is 0.0000486. The van der Waals surface area contributed by atoms with Crippen LogP contribution >= 0.6 is 0 Å². The summed E-state index contributed by atoms with van der Waals surface area (Å²) >= 11 is 0. The third-order valence-electron chi connectivity index (χ3n) is 4.61. The Labute approximate surface area is 179 Å². The van der Waals surface area contributed by atoms with E-state index in [-0.39, 0.29) is 17.2 Å². The van der Waals surface area contributed by atoms with E-state index in [2.05, 4.69) is 10.4 Å². The topological polar surface area (TPSA) is 99.5 Å². The predicted molar refractivity (Wildman–Crippen MR) is 117 cm³/mol. The number of benzene rings is 2. The monoisotopic (exact) mass is 423 g/mol. The van der Waals surface area contributed by atoms with Gasteiger partial charge in [-0.25, -0.2) is 9.48 Å². The molecule has 2 aromatic carbocycles. The average molecular weight is 423 g/mol. The molecule has 1 atom stereocenters. The molecule has 1 amide bonds. The fourth-order valence-corrected chi connectivity index (χ4v) is 3.04. The van der Waals surface area contributed by atoms with E-state index in [0.717, 1.165) is 0 Å². The van der Waals surface area contributed by atoms with Crippen LogP contribution in [0.4, 0.5) is 5.69 Å². The Morgan fingerprint density at radius 2 is 1.68 bits per heavy atom. The van der Waals surface area contributed by atoms with Crippen LogP contribution in [0.2, 0.25) is 0 Å². The number of amides is 1. The number of nitrogens with one attached hydrogen (secondary N) is 1. The molecule has 0 aliphatic heterocycles. The zero-order chi connectivity index (χ0) is 22.5. The molecule has 0 bridgehead atoms.